The summed E-state index contributed by atoms with van der Waals surface area (Å²) >= 11 is 0. The number of carbonyl (C=O) groups excluding carboxylic acids is 1. The van der Waals surface area contributed by atoms with Crippen molar-refractivity contribution in [3.05, 3.63) is 35.4 Å². The first-order valence-corrected chi connectivity index (χ1v) is 5.50. The summed E-state index contributed by atoms with van der Waals surface area (Å²) in [4.78, 5) is 10.6. The van der Waals surface area contributed by atoms with Crippen molar-refractivity contribution in [2.45, 2.75) is 19.3 Å². The van der Waals surface area contributed by atoms with Gasteiger partial charge in [-0.2, -0.15) is 0 Å². The lowest BCUT2D eigenvalue weighted by Crippen LogP contribution is -2.19. The van der Waals surface area contributed by atoms with Gasteiger partial charge in [-0.3, -0.25) is 4.79 Å². The summed E-state index contributed by atoms with van der Waals surface area (Å²) in [6.07, 6.45) is 4.34. The molecule has 0 aliphatic carbocycles. The Kier molecular flexibility index (Phi) is 3.51. The minimum Gasteiger partial charge on any atom is -0.381 e. The van der Waals surface area contributed by atoms with Crippen molar-refractivity contribution in [2.24, 2.45) is 5.92 Å². The zero-order chi connectivity index (χ0) is 10.5. The zero-order valence-corrected chi connectivity index (χ0v) is 8.82. The van der Waals surface area contributed by atoms with E-state index in [1.54, 1.807) is 0 Å². The van der Waals surface area contributed by atoms with E-state index in [1.807, 2.05) is 18.2 Å². The third-order valence-electron chi connectivity index (χ3n) is 2.87. The highest BCUT2D eigenvalue weighted by Crippen LogP contribution is 2.19. The van der Waals surface area contributed by atoms with Crippen LogP contribution >= 0.6 is 0 Å². The van der Waals surface area contributed by atoms with E-state index in [2.05, 4.69) is 6.07 Å². The number of carbonyl (C=O) groups is 1. The number of ether oxygens (including phenoxy) is 1. The van der Waals surface area contributed by atoms with Crippen LogP contribution in [0.15, 0.2) is 24.3 Å². The molecule has 1 aliphatic heterocycles. The molecule has 1 aromatic carbocycles. The van der Waals surface area contributed by atoms with Gasteiger partial charge in [-0.25, -0.2) is 0 Å². The molecule has 1 aliphatic rings. The van der Waals surface area contributed by atoms with Gasteiger partial charge in [0.25, 0.3) is 0 Å². The van der Waals surface area contributed by atoms with Gasteiger partial charge in [0.15, 0.2) is 0 Å². The monoisotopic (exact) mass is 204 g/mol. The highest BCUT2D eigenvalue weighted by molar-refractivity contribution is 5.74. The second-order valence-electron chi connectivity index (χ2n) is 4.15. The molecular weight excluding hydrogens is 188 g/mol. The molecule has 1 heterocycles. The average molecular weight is 204 g/mol. The Labute approximate surface area is 90.3 Å². The fraction of sp³-hybridized carbons (Fsp3) is 0.462. The van der Waals surface area contributed by atoms with Crippen LogP contribution in [-0.2, 0) is 11.2 Å². The molecule has 1 fully saturated rings. The zero-order valence-electron chi connectivity index (χ0n) is 8.82. The minimum atomic E-state index is 0.626. The third-order valence-corrected chi connectivity index (χ3v) is 2.87. The molecule has 0 spiro atoms. The third kappa shape index (κ3) is 2.90. The van der Waals surface area contributed by atoms with Crippen molar-refractivity contribution < 1.29 is 9.53 Å². The molecule has 2 heteroatoms. The minimum absolute atomic E-state index is 0.626. The van der Waals surface area contributed by atoms with Crippen LogP contribution < -0.4 is 0 Å². The maximum absolute atomic E-state index is 10.6. The van der Waals surface area contributed by atoms with Crippen LogP contribution in [0.5, 0.6) is 0 Å². The molecule has 0 radical (unpaired) electrons. The Morgan fingerprint density at radius 2 is 2.40 bits per heavy atom. The van der Waals surface area contributed by atoms with Crippen LogP contribution in [-0.4, -0.2) is 19.5 Å². The highest BCUT2D eigenvalue weighted by atomic mass is 16.5. The van der Waals surface area contributed by atoms with Crippen molar-refractivity contribution in [1.29, 1.82) is 0 Å². The lowest BCUT2D eigenvalue weighted by atomic mass is 9.93. The van der Waals surface area contributed by atoms with E-state index in [0.29, 0.717) is 5.92 Å². The van der Waals surface area contributed by atoms with E-state index in [1.165, 1.54) is 12.0 Å². The largest absolute Gasteiger partial charge is 0.381 e. The van der Waals surface area contributed by atoms with Gasteiger partial charge in [0.2, 0.25) is 0 Å². The van der Waals surface area contributed by atoms with E-state index in [0.717, 1.165) is 37.9 Å². The predicted molar refractivity (Wildman–Crippen MR) is 59.1 cm³/mol. The van der Waals surface area contributed by atoms with Gasteiger partial charge in [0.05, 0.1) is 0 Å². The molecule has 2 rings (SSSR count). The topological polar surface area (TPSA) is 26.3 Å². The van der Waals surface area contributed by atoms with Gasteiger partial charge in [-0.05, 0) is 36.8 Å². The fourth-order valence-corrected chi connectivity index (χ4v) is 2.10. The molecule has 0 N–H and O–H groups in total. The first-order valence-electron chi connectivity index (χ1n) is 5.50. The molecule has 1 saturated heterocycles. The molecule has 1 unspecified atom stereocenters. The second-order valence-corrected chi connectivity index (χ2v) is 4.15. The Hall–Kier alpha value is -1.15. The van der Waals surface area contributed by atoms with Crippen molar-refractivity contribution in [2.75, 3.05) is 13.2 Å². The van der Waals surface area contributed by atoms with Crippen molar-refractivity contribution in [3.63, 3.8) is 0 Å². The van der Waals surface area contributed by atoms with Crippen LogP contribution in [0.1, 0.15) is 28.8 Å². The number of hydrogen-bond acceptors (Lipinski definition) is 2. The van der Waals surface area contributed by atoms with Gasteiger partial charge in [-0.15, -0.1) is 0 Å². The molecule has 80 valence electrons. The van der Waals surface area contributed by atoms with E-state index < -0.39 is 0 Å². The van der Waals surface area contributed by atoms with Crippen molar-refractivity contribution in [3.8, 4) is 0 Å². The predicted octanol–water partition coefficient (Wildman–Crippen LogP) is 2.47. The van der Waals surface area contributed by atoms with E-state index in [-0.39, 0.29) is 0 Å². The van der Waals surface area contributed by atoms with E-state index in [9.17, 15) is 4.79 Å². The molecule has 1 atom stereocenters. The molecule has 0 aromatic heterocycles. The standard InChI is InChI=1S/C13H16O2/c14-9-12-4-1-3-11(7-12)8-13-5-2-6-15-10-13/h1,3-4,7,9,13H,2,5-6,8,10H2. The molecule has 0 amide bonds. The molecule has 0 bridgehead atoms. The lowest BCUT2D eigenvalue weighted by molar-refractivity contribution is 0.0550. The van der Waals surface area contributed by atoms with Crippen molar-refractivity contribution in [1.82, 2.24) is 0 Å². The van der Waals surface area contributed by atoms with Gasteiger partial charge < -0.3 is 4.74 Å². The maximum Gasteiger partial charge on any atom is 0.150 e. The number of aldehydes is 1. The van der Waals surface area contributed by atoms with Crippen LogP contribution in [0.2, 0.25) is 0 Å². The quantitative estimate of drug-likeness (QED) is 0.707. The van der Waals surface area contributed by atoms with Gasteiger partial charge in [-0.1, -0.05) is 18.2 Å². The smallest absolute Gasteiger partial charge is 0.150 e. The average Bonchev–Trinajstić information content (AvgIpc) is 2.31. The highest BCUT2D eigenvalue weighted by Gasteiger charge is 2.14. The van der Waals surface area contributed by atoms with Crippen LogP contribution in [0.4, 0.5) is 0 Å². The Balaban J connectivity index is 1.99. The van der Waals surface area contributed by atoms with Crippen LogP contribution in [0.3, 0.4) is 0 Å². The summed E-state index contributed by atoms with van der Waals surface area (Å²) in [5, 5.41) is 0. The van der Waals surface area contributed by atoms with E-state index >= 15 is 0 Å². The summed E-state index contributed by atoms with van der Waals surface area (Å²) in [6, 6.07) is 7.85. The van der Waals surface area contributed by atoms with Crippen LogP contribution in [0.25, 0.3) is 0 Å². The number of rotatable bonds is 3. The Bertz CT molecular complexity index is 327. The number of benzene rings is 1. The molecule has 2 nitrogen and oxygen atoms in total. The van der Waals surface area contributed by atoms with Gasteiger partial charge >= 0.3 is 0 Å². The number of hydrogen-bond donors (Lipinski definition) is 0. The summed E-state index contributed by atoms with van der Waals surface area (Å²) < 4.78 is 5.44. The molecule has 15 heavy (non-hydrogen) atoms. The molecule has 0 saturated carbocycles. The van der Waals surface area contributed by atoms with Gasteiger partial charge in [0.1, 0.15) is 6.29 Å². The summed E-state index contributed by atoms with van der Waals surface area (Å²) in [5.41, 5.74) is 2.01. The molecule has 1 aromatic rings. The summed E-state index contributed by atoms with van der Waals surface area (Å²) in [5.74, 6) is 0.626. The summed E-state index contributed by atoms with van der Waals surface area (Å²) in [7, 11) is 0. The lowest BCUT2D eigenvalue weighted by Gasteiger charge is -2.21. The second kappa shape index (κ2) is 5.08. The normalized spacial score (nSPS) is 21.2. The summed E-state index contributed by atoms with van der Waals surface area (Å²) in [6.45, 7) is 1.77. The Morgan fingerprint density at radius 1 is 1.47 bits per heavy atom. The van der Waals surface area contributed by atoms with Crippen LogP contribution in [0, 0.1) is 5.92 Å². The first kappa shape index (κ1) is 10.4. The molecular formula is C13H16O2. The van der Waals surface area contributed by atoms with E-state index in [4.69, 9.17) is 4.74 Å². The SMILES string of the molecule is O=Cc1cccc(CC2CCCOC2)c1. The fourth-order valence-electron chi connectivity index (χ4n) is 2.10. The Morgan fingerprint density at radius 3 is 3.13 bits per heavy atom. The maximum atomic E-state index is 10.6. The van der Waals surface area contributed by atoms with Crippen molar-refractivity contribution >= 4 is 6.29 Å². The first-order chi connectivity index (χ1) is 7.38. The van der Waals surface area contributed by atoms with Gasteiger partial charge in [0, 0.05) is 18.8 Å².